The number of nitrogens with zero attached hydrogens (tertiary/aromatic N) is 3. The molecule has 0 unspecified atom stereocenters. The van der Waals surface area contributed by atoms with Gasteiger partial charge in [0.1, 0.15) is 17.9 Å². The van der Waals surface area contributed by atoms with Crippen LogP contribution in [0.2, 0.25) is 0 Å². The van der Waals surface area contributed by atoms with Crippen LogP contribution in [0.15, 0.2) is 30.6 Å². The average molecular weight is 358 g/mol. The van der Waals surface area contributed by atoms with Crippen molar-refractivity contribution in [3.05, 3.63) is 42.0 Å². The number of hydrogen-bond donors (Lipinski definition) is 2. The smallest absolute Gasteiger partial charge is 0.251 e. The van der Waals surface area contributed by atoms with Gasteiger partial charge in [-0.3, -0.25) is 4.79 Å². The molecule has 140 valence electrons. The highest BCUT2D eigenvalue weighted by Crippen LogP contribution is 2.37. The fraction of sp³-hybridized carbons (Fsp3) is 0.526. The molecule has 0 aliphatic heterocycles. The van der Waals surface area contributed by atoms with Crippen molar-refractivity contribution in [3.63, 3.8) is 0 Å². The summed E-state index contributed by atoms with van der Waals surface area (Å²) in [5.74, 6) is 1.62. The molecule has 26 heavy (non-hydrogen) atoms. The molecule has 7 nitrogen and oxygen atoms in total. The van der Waals surface area contributed by atoms with Crippen molar-refractivity contribution in [1.29, 1.82) is 0 Å². The van der Waals surface area contributed by atoms with Crippen molar-refractivity contribution in [2.75, 3.05) is 13.2 Å². The van der Waals surface area contributed by atoms with E-state index in [1.54, 1.807) is 18.5 Å². The molecule has 1 heterocycles. The summed E-state index contributed by atoms with van der Waals surface area (Å²) in [6.07, 6.45) is 3.57. The molecule has 7 heteroatoms. The van der Waals surface area contributed by atoms with Gasteiger partial charge in [-0.15, -0.1) is 10.2 Å². The van der Waals surface area contributed by atoms with Crippen molar-refractivity contribution in [2.24, 2.45) is 13.0 Å². The molecule has 1 aliphatic carbocycles. The highest BCUT2D eigenvalue weighted by atomic mass is 16.5. The molecular weight excluding hydrogens is 332 g/mol. The van der Waals surface area contributed by atoms with E-state index in [9.17, 15) is 9.90 Å². The molecule has 2 N–H and O–H groups in total. The summed E-state index contributed by atoms with van der Waals surface area (Å²) in [6, 6.07) is 7.17. The SMILES string of the molecule is CCCOc1cccc(C(=O)NC[C@H]2C[C@H](c3nncn3C)C[C@H]2O)c1. The Morgan fingerprint density at radius 3 is 3.00 bits per heavy atom. The van der Waals surface area contributed by atoms with Crippen LogP contribution in [0.1, 0.15) is 48.3 Å². The number of aryl methyl sites for hydroxylation is 1. The lowest BCUT2D eigenvalue weighted by Crippen LogP contribution is -2.32. The molecule has 3 atom stereocenters. The van der Waals surface area contributed by atoms with Crippen LogP contribution >= 0.6 is 0 Å². The second-order valence-corrected chi connectivity index (χ2v) is 6.88. The van der Waals surface area contributed by atoms with Gasteiger partial charge in [-0.05, 0) is 37.5 Å². The third-order valence-corrected chi connectivity index (χ3v) is 4.86. The predicted molar refractivity (Wildman–Crippen MR) is 97.0 cm³/mol. The molecule has 1 aliphatic rings. The number of aromatic nitrogens is 3. The minimum Gasteiger partial charge on any atom is -0.494 e. The first-order valence-corrected chi connectivity index (χ1v) is 9.11. The fourth-order valence-electron chi connectivity index (χ4n) is 3.47. The van der Waals surface area contributed by atoms with E-state index in [-0.39, 0.29) is 17.7 Å². The first kappa shape index (κ1) is 18.4. The maximum Gasteiger partial charge on any atom is 0.251 e. The van der Waals surface area contributed by atoms with E-state index in [1.165, 1.54) is 0 Å². The van der Waals surface area contributed by atoms with Crippen LogP contribution in [0.25, 0.3) is 0 Å². The van der Waals surface area contributed by atoms with E-state index in [0.717, 1.165) is 18.7 Å². The fourth-order valence-corrected chi connectivity index (χ4v) is 3.47. The van der Waals surface area contributed by atoms with Crippen LogP contribution in [0.3, 0.4) is 0 Å². The topological polar surface area (TPSA) is 89.3 Å². The van der Waals surface area contributed by atoms with E-state index in [4.69, 9.17) is 4.74 Å². The van der Waals surface area contributed by atoms with Gasteiger partial charge in [0.25, 0.3) is 5.91 Å². The number of amides is 1. The number of carbonyl (C=O) groups excluding carboxylic acids is 1. The molecule has 0 bridgehead atoms. The van der Waals surface area contributed by atoms with Crippen LogP contribution in [0.4, 0.5) is 0 Å². The Bertz CT molecular complexity index is 746. The van der Waals surface area contributed by atoms with Crippen molar-refractivity contribution < 1.29 is 14.6 Å². The zero-order chi connectivity index (χ0) is 18.5. The van der Waals surface area contributed by atoms with Gasteiger partial charge in [-0.25, -0.2) is 0 Å². The number of rotatable bonds is 7. The molecule has 1 aromatic carbocycles. The van der Waals surface area contributed by atoms with Crippen molar-refractivity contribution in [1.82, 2.24) is 20.1 Å². The van der Waals surface area contributed by atoms with Gasteiger partial charge in [-0.1, -0.05) is 13.0 Å². The minimum absolute atomic E-state index is 0.0141. The van der Waals surface area contributed by atoms with E-state index < -0.39 is 6.10 Å². The summed E-state index contributed by atoms with van der Waals surface area (Å²) >= 11 is 0. The Labute approximate surface area is 153 Å². The van der Waals surface area contributed by atoms with Crippen molar-refractivity contribution in [2.45, 2.75) is 38.2 Å². The lowest BCUT2D eigenvalue weighted by Gasteiger charge is -2.15. The largest absolute Gasteiger partial charge is 0.494 e. The van der Waals surface area contributed by atoms with E-state index in [1.807, 2.05) is 30.7 Å². The van der Waals surface area contributed by atoms with E-state index in [0.29, 0.717) is 30.9 Å². The molecular formula is C19H26N4O3. The molecule has 0 radical (unpaired) electrons. The first-order valence-electron chi connectivity index (χ1n) is 9.11. The van der Waals surface area contributed by atoms with Gasteiger partial charge in [0.15, 0.2) is 0 Å². The maximum absolute atomic E-state index is 12.4. The third kappa shape index (κ3) is 4.22. The number of aliphatic hydroxyl groups excluding tert-OH is 1. The molecule has 1 fully saturated rings. The minimum atomic E-state index is -0.448. The zero-order valence-electron chi connectivity index (χ0n) is 15.3. The van der Waals surface area contributed by atoms with Crippen LogP contribution in [0.5, 0.6) is 5.75 Å². The summed E-state index contributed by atoms with van der Waals surface area (Å²) in [5.41, 5.74) is 0.566. The Balaban J connectivity index is 1.55. The lowest BCUT2D eigenvalue weighted by molar-refractivity contribution is 0.0916. The third-order valence-electron chi connectivity index (χ3n) is 4.86. The number of carbonyl (C=O) groups is 1. The number of hydrogen-bond acceptors (Lipinski definition) is 5. The summed E-state index contributed by atoms with van der Waals surface area (Å²) in [6.45, 7) is 3.11. The Morgan fingerprint density at radius 2 is 2.27 bits per heavy atom. The average Bonchev–Trinajstić information content (AvgIpc) is 3.23. The van der Waals surface area contributed by atoms with Gasteiger partial charge in [0.05, 0.1) is 12.7 Å². The molecule has 1 aromatic heterocycles. The Morgan fingerprint density at radius 1 is 1.42 bits per heavy atom. The maximum atomic E-state index is 12.4. The van der Waals surface area contributed by atoms with Crippen molar-refractivity contribution in [3.8, 4) is 5.75 Å². The molecule has 0 saturated heterocycles. The first-order chi connectivity index (χ1) is 12.6. The number of aliphatic hydroxyl groups is 1. The quantitative estimate of drug-likeness (QED) is 0.789. The molecule has 1 amide bonds. The van der Waals surface area contributed by atoms with Crippen LogP contribution in [-0.2, 0) is 7.05 Å². The van der Waals surface area contributed by atoms with E-state index in [2.05, 4.69) is 15.5 Å². The summed E-state index contributed by atoms with van der Waals surface area (Å²) in [7, 11) is 1.91. The number of ether oxygens (including phenoxy) is 1. The molecule has 0 spiro atoms. The van der Waals surface area contributed by atoms with Crippen LogP contribution < -0.4 is 10.1 Å². The van der Waals surface area contributed by atoms with Crippen LogP contribution in [-0.4, -0.2) is 45.0 Å². The summed E-state index contributed by atoms with van der Waals surface area (Å²) in [4.78, 5) is 12.4. The lowest BCUT2D eigenvalue weighted by atomic mass is 10.0. The van der Waals surface area contributed by atoms with Gasteiger partial charge < -0.3 is 19.7 Å². The van der Waals surface area contributed by atoms with Gasteiger partial charge in [0, 0.05) is 31.0 Å². The molecule has 3 rings (SSSR count). The zero-order valence-corrected chi connectivity index (χ0v) is 15.3. The summed E-state index contributed by atoms with van der Waals surface area (Å²) in [5, 5.41) is 21.3. The molecule has 2 aromatic rings. The standard InChI is InChI=1S/C19H26N4O3/c1-3-7-26-16-6-4-5-13(9-16)19(25)20-11-15-8-14(10-17(15)24)18-22-21-12-23(18)2/h4-6,9,12,14-15,17,24H,3,7-8,10-11H2,1-2H3,(H,20,25)/t14-,15+,17+/m0/s1. The number of benzene rings is 1. The highest BCUT2D eigenvalue weighted by Gasteiger charge is 2.36. The highest BCUT2D eigenvalue weighted by molar-refractivity contribution is 5.94. The second-order valence-electron chi connectivity index (χ2n) is 6.88. The van der Waals surface area contributed by atoms with Gasteiger partial charge >= 0.3 is 0 Å². The van der Waals surface area contributed by atoms with Crippen molar-refractivity contribution >= 4 is 5.91 Å². The van der Waals surface area contributed by atoms with Gasteiger partial charge in [-0.2, -0.15) is 0 Å². The summed E-state index contributed by atoms with van der Waals surface area (Å²) < 4.78 is 7.46. The molecule has 1 saturated carbocycles. The number of nitrogens with one attached hydrogen (secondary N) is 1. The second kappa shape index (κ2) is 8.31. The Hall–Kier alpha value is -2.41. The Kier molecular flexibility index (Phi) is 5.88. The normalized spacial score (nSPS) is 22.3. The van der Waals surface area contributed by atoms with Gasteiger partial charge in [0.2, 0.25) is 0 Å². The predicted octanol–water partition coefficient (Wildman–Crippen LogP) is 1.89. The van der Waals surface area contributed by atoms with E-state index >= 15 is 0 Å². The van der Waals surface area contributed by atoms with Crippen LogP contribution in [0, 0.1) is 5.92 Å². The monoisotopic (exact) mass is 358 g/mol.